The fourth-order valence-corrected chi connectivity index (χ4v) is 1.06. The van der Waals surface area contributed by atoms with Crippen LogP contribution in [0.15, 0.2) is 23.4 Å². The number of amides is 1. The van der Waals surface area contributed by atoms with E-state index in [1.54, 1.807) is 6.21 Å². The average Bonchev–Trinajstić information content (AvgIpc) is 2.52. The van der Waals surface area contributed by atoms with Gasteiger partial charge in [-0.1, -0.05) is 6.92 Å². The number of aromatic nitrogens is 1. The van der Waals surface area contributed by atoms with E-state index in [0.29, 0.717) is 6.42 Å². The van der Waals surface area contributed by atoms with Crippen molar-refractivity contribution in [3.05, 3.63) is 24.0 Å². The normalized spacial score (nSPS) is 10.7. The molecule has 1 aromatic rings. The van der Waals surface area contributed by atoms with Gasteiger partial charge in [0.15, 0.2) is 0 Å². The number of carbonyl (C=O) groups is 1. The van der Waals surface area contributed by atoms with Crippen molar-refractivity contribution in [3.63, 3.8) is 0 Å². The Bertz CT molecular complexity index is 328. The first kappa shape index (κ1) is 10.5. The third-order valence-electron chi connectivity index (χ3n) is 1.85. The number of hydrogen-bond acceptors (Lipinski definition) is 2. The molecular formula is C10H15N3O. The molecule has 0 aliphatic heterocycles. The van der Waals surface area contributed by atoms with E-state index >= 15 is 0 Å². The molecule has 0 saturated heterocycles. The lowest BCUT2D eigenvalue weighted by Crippen LogP contribution is -2.16. The van der Waals surface area contributed by atoms with Crippen LogP contribution in [-0.4, -0.2) is 16.7 Å². The Kier molecular flexibility index (Phi) is 3.91. The predicted octanol–water partition coefficient (Wildman–Crippen LogP) is 1.28. The van der Waals surface area contributed by atoms with Crippen LogP contribution in [0.5, 0.6) is 0 Å². The largest absolute Gasteiger partial charge is 0.350 e. The summed E-state index contributed by atoms with van der Waals surface area (Å²) in [5, 5.41) is 3.85. The van der Waals surface area contributed by atoms with Gasteiger partial charge >= 0.3 is 0 Å². The summed E-state index contributed by atoms with van der Waals surface area (Å²) in [6.07, 6.45) is 4.92. The van der Waals surface area contributed by atoms with Crippen molar-refractivity contribution in [1.82, 2.24) is 9.99 Å². The monoisotopic (exact) mass is 193 g/mol. The zero-order valence-corrected chi connectivity index (χ0v) is 8.53. The van der Waals surface area contributed by atoms with Gasteiger partial charge in [0.05, 0.1) is 11.9 Å². The number of carbonyl (C=O) groups excluding carboxylic acids is 1. The predicted molar refractivity (Wildman–Crippen MR) is 56.1 cm³/mol. The molecule has 14 heavy (non-hydrogen) atoms. The summed E-state index contributed by atoms with van der Waals surface area (Å²) >= 11 is 0. The van der Waals surface area contributed by atoms with Crippen LogP contribution >= 0.6 is 0 Å². The van der Waals surface area contributed by atoms with Crippen LogP contribution in [0, 0.1) is 0 Å². The first-order valence-electron chi connectivity index (χ1n) is 4.67. The Morgan fingerprint density at radius 2 is 2.50 bits per heavy atom. The highest BCUT2D eigenvalue weighted by Gasteiger charge is 1.95. The Labute approximate surface area is 83.6 Å². The van der Waals surface area contributed by atoms with Crippen LogP contribution in [0.1, 0.15) is 25.5 Å². The van der Waals surface area contributed by atoms with Gasteiger partial charge in [-0.2, -0.15) is 5.10 Å². The fourth-order valence-electron chi connectivity index (χ4n) is 1.06. The van der Waals surface area contributed by atoms with E-state index in [1.807, 2.05) is 36.9 Å². The Morgan fingerprint density at radius 1 is 1.71 bits per heavy atom. The molecule has 1 rings (SSSR count). The van der Waals surface area contributed by atoms with Crippen LogP contribution in [0.2, 0.25) is 0 Å². The van der Waals surface area contributed by atoms with E-state index in [9.17, 15) is 4.79 Å². The maximum Gasteiger partial charge on any atom is 0.240 e. The molecule has 1 heterocycles. The number of hydrazone groups is 1. The highest BCUT2D eigenvalue weighted by molar-refractivity contribution is 5.81. The van der Waals surface area contributed by atoms with Crippen molar-refractivity contribution >= 4 is 12.1 Å². The lowest BCUT2D eigenvalue weighted by Gasteiger charge is -1.97. The zero-order chi connectivity index (χ0) is 10.4. The quantitative estimate of drug-likeness (QED) is 0.568. The van der Waals surface area contributed by atoms with Gasteiger partial charge in [0.1, 0.15) is 0 Å². The van der Waals surface area contributed by atoms with Crippen LogP contribution < -0.4 is 5.43 Å². The van der Waals surface area contributed by atoms with E-state index < -0.39 is 0 Å². The summed E-state index contributed by atoms with van der Waals surface area (Å²) in [5.74, 6) is -0.0436. The van der Waals surface area contributed by atoms with Gasteiger partial charge in [-0.15, -0.1) is 0 Å². The number of hydrogen-bond donors (Lipinski definition) is 1. The average molecular weight is 193 g/mol. The van der Waals surface area contributed by atoms with Gasteiger partial charge in [-0.3, -0.25) is 4.79 Å². The molecular weight excluding hydrogens is 178 g/mol. The molecule has 4 heteroatoms. The minimum atomic E-state index is -0.0436. The van der Waals surface area contributed by atoms with Crippen molar-refractivity contribution in [3.8, 4) is 0 Å². The molecule has 0 aromatic carbocycles. The third-order valence-corrected chi connectivity index (χ3v) is 1.85. The van der Waals surface area contributed by atoms with E-state index in [1.165, 1.54) is 0 Å². The molecule has 4 nitrogen and oxygen atoms in total. The summed E-state index contributed by atoms with van der Waals surface area (Å²) in [6, 6.07) is 3.85. The van der Waals surface area contributed by atoms with Gasteiger partial charge < -0.3 is 4.57 Å². The van der Waals surface area contributed by atoms with Crippen molar-refractivity contribution in [2.24, 2.45) is 12.1 Å². The number of aryl methyl sites for hydroxylation is 1. The molecule has 1 aromatic heterocycles. The zero-order valence-electron chi connectivity index (χ0n) is 8.53. The molecule has 0 bridgehead atoms. The second-order valence-electron chi connectivity index (χ2n) is 3.09. The summed E-state index contributed by atoms with van der Waals surface area (Å²) in [6.45, 7) is 1.96. The second-order valence-corrected chi connectivity index (χ2v) is 3.09. The molecule has 0 aliphatic carbocycles. The lowest BCUT2D eigenvalue weighted by atomic mass is 10.3. The summed E-state index contributed by atoms with van der Waals surface area (Å²) in [5.41, 5.74) is 3.43. The van der Waals surface area contributed by atoms with Gasteiger partial charge in [-0.05, 0) is 18.6 Å². The first-order chi connectivity index (χ1) is 6.74. The Hall–Kier alpha value is -1.58. The molecule has 0 fully saturated rings. The maximum atomic E-state index is 11.0. The number of nitrogens with zero attached hydrogens (tertiary/aromatic N) is 2. The molecule has 1 N–H and O–H groups in total. The summed E-state index contributed by atoms with van der Waals surface area (Å²) < 4.78 is 1.93. The van der Waals surface area contributed by atoms with Gasteiger partial charge in [-0.25, -0.2) is 5.43 Å². The van der Waals surface area contributed by atoms with Crippen molar-refractivity contribution < 1.29 is 4.79 Å². The standard InChI is InChI=1S/C10H15N3O/c1-3-5-10(14)12-11-8-9-6-4-7-13(9)2/h4,6-8H,3,5H2,1-2H3,(H,12,14). The Balaban J connectivity index is 2.42. The van der Waals surface area contributed by atoms with Crippen molar-refractivity contribution in [2.45, 2.75) is 19.8 Å². The molecule has 0 saturated carbocycles. The molecule has 1 amide bonds. The molecule has 0 spiro atoms. The fraction of sp³-hybridized carbons (Fsp3) is 0.400. The number of nitrogens with one attached hydrogen (secondary N) is 1. The number of rotatable bonds is 4. The third kappa shape index (κ3) is 3.05. The molecule has 0 aliphatic rings. The molecule has 0 radical (unpaired) electrons. The molecule has 0 atom stereocenters. The van der Waals surface area contributed by atoms with Crippen molar-refractivity contribution in [1.29, 1.82) is 0 Å². The topological polar surface area (TPSA) is 46.4 Å². The molecule has 76 valence electrons. The second kappa shape index (κ2) is 5.21. The van der Waals surface area contributed by atoms with Gasteiger partial charge in [0.2, 0.25) is 5.91 Å². The summed E-state index contributed by atoms with van der Waals surface area (Å²) in [7, 11) is 1.93. The van der Waals surface area contributed by atoms with Gasteiger partial charge in [0, 0.05) is 19.7 Å². The highest BCUT2D eigenvalue weighted by atomic mass is 16.2. The maximum absolute atomic E-state index is 11.0. The van der Waals surface area contributed by atoms with Crippen LogP contribution in [0.25, 0.3) is 0 Å². The lowest BCUT2D eigenvalue weighted by molar-refractivity contribution is -0.121. The first-order valence-corrected chi connectivity index (χ1v) is 4.67. The van der Waals surface area contributed by atoms with Crippen LogP contribution in [-0.2, 0) is 11.8 Å². The van der Waals surface area contributed by atoms with Crippen LogP contribution in [0.3, 0.4) is 0 Å². The molecule has 0 unspecified atom stereocenters. The van der Waals surface area contributed by atoms with Gasteiger partial charge in [0.25, 0.3) is 0 Å². The van der Waals surface area contributed by atoms with E-state index in [4.69, 9.17) is 0 Å². The highest BCUT2D eigenvalue weighted by Crippen LogP contribution is 1.94. The summed E-state index contributed by atoms with van der Waals surface area (Å²) in [4.78, 5) is 11.0. The van der Waals surface area contributed by atoms with E-state index in [-0.39, 0.29) is 5.91 Å². The Morgan fingerprint density at radius 3 is 3.07 bits per heavy atom. The van der Waals surface area contributed by atoms with Crippen LogP contribution in [0.4, 0.5) is 0 Å². The SMILES string of the molecule is CCCC(=O)NN=Cc1cccn1C. The minimum absolute atomic E-state index is 0.0436. The minimum Gasteiger partial charge on any atom is -0.350 e. The van der Waals surface area contributed by atoms with E-state index in [2.05, 4.69) is 10.5 Å². The van der Waals surface area contributed by atoms with E-state index in [0.717, 1.165) is 12.1 Å². The van der Waals surface area contributed by atoms with Crippen molar-refractivity contribution in [2.75, 3.05) is 0 Å². The smallest absolute Gasteiger partial charge is 0.240 e.